The molecule has 1 aliphatic rings. The molecule has 1 fully saturated rings. The van der Waals surface area contributed by atoms with Gasteiger partial charge in [0.15, 0.2) is 0 Å². The van der Waals surface area contributed by atoms with Gasteiger partial charge in [0.2, 0.25) is 5.91 Å². The Labute approximate surface area is 118 Å². The molecule has 1 saturated heterocycles. The molecule has 0 bridgehead atoms. The van der Waals surface area contributed by atoms with Crippen molar-refractivity contribution in [2.45, 2.75) is 6.04 Å². The first-order valence-corrected chi connectivity index (χ1v) is 6.59. The van der Waals surface area contributed by atoms with Crippen LogP contribution in [0.1, 0.15) is 10.4 Å². The molecule has 2 amide bonds. The summed E-state index contributed by atoms with van der Waals surface area (Å²) in [6.45, 7) is 1.57. The Balaban J connectivity index is 2.25. The van der Waals surface area contributed by atoms with Gasteiger partial charge in [-0.15, -0.1) is 0 Å². The van der Waals surface area contributed by atoms with Crippen molar-refractivity contribution in [1.82, 2.24) is 10.2 Å². The van der Waals surface area contributed by atoms with E-state index in [1.165, 1.54) is 0 Å². The molecule has 6 heteroatoms. The maximum Gasteiger partial charge on any atom is 0.254 e. The molecule has 20 heavy (non-hydrogen) atoms. The Morgan fingerprint density at radius 2 is 2.15 bits per heavy atom. The molecule has 0 saturated carbocycles. The van der Waals surface area contributed by atoms with Crippen LogP contribution in [0.25, 0.3) is 0 Å². The van der Waals surface area contributed by atoms with Crippen molar-refractivity contribution >= 4 is 17.5 Å². The fourth-order valence-electron chi connectivity index (χ4n) is 2.28. The minimum absolute atomic E-state index is 0.154. The van der Waals surface area contributed by atoms with Crippen LogP contribution in [0.4, 0.5) is 5.69 Å². The zero-order chi connectivity index (χ0) is 14.7. The number of primary amides is 1. The summed E-state index contributed by atoms with van der Waals surface area (Å²) >= 11 is 0. The number of benzene rings is 1. The van der Waals surface area contributed by atoms with Gasteiger partial charge in [-0.2, -0.15) is 0 Å². The van der Waals surface area contributed by atoms with Crippen molar-refractivity contribution < 1.29 is 9.59 Å². The number of carbonyl (C=O) groups is 2. The smallest absolute Gasteiger partial charge is 0.254 e. The second kappa shape index (κ2) is 5.92. The molecule has 1 heterocycles. The summed E-state index contributed by atoms with van der Waals surface area (Å²) in [5.74, 6) is -0.631. The zero-order valence-electron chi connectivity index (χ0n) is 11.8. The molecule has 0 spiro atoms. The first-order valence-electron chi connectivity index (χ1n) is 6.59. The number of hydrogen-bond donors (Lipinski definition) is 2. The van der Waals surface area contributed by atoms with Gasteiger partial charge in [0, 0.05) is 45.0 Å². The normalized spacial score (nSPS) is 18.7. The lowest BCUT2D eigenvalue weighted by atomic mass is 10.1. The molecule has 2 rings (SSSR count). The molecule has 6 nitrogen and oxygen atoms in total. The minimum Gasteiger partial charge on any atom is -0.378 e. The molecule has 1 aromatic carbocycles. The van der Waals surface area contributed by atoms with E-state index in [0.29, 0.717) is 25.2 Å². The topological polar surface area (TPSA) is 78.7 Å². The van der Waals surface area contributed by atoms with Crippen molar-refractivity contribution in [2.75, 3.05) is 38.6 Å². The molecule has 1 aromatic rings. The van der Waals surface area contributed by atoms with Crippen LogP contribution in [0.5, 0.6) is 0 Å². The standard InChI is InChI=1S/C14H20N4O2/c1-17(2)11-5-3-4-10(8-11)14(20)18-7-6-16-9-12(18)13(15)19/h3-5,8,12,16H,6-7,9H2,1-2H3,(H2,15,19). The van der Waals surface area contributed by atoms with Crippen LogP contribution in [-0.2, 0) is 4.79 Å². The van der Waals surface area contributed by atoms with E-state index in [1.54, 1.807) is 11.0 Å². The molecular weight excluding hydrogens is 256 g/mol. The van der Waals surface area contributed by atoms with E-state index in [1.807, 2.05) is 37.2 Å². The van der Waals surface area contributed by atoms with Gasteiger partial charge in [-0.25, -0.2) is 0 Å². The van der Waals surface area contributed by atoms with E-state index in [0.717, 1.165) is 5.69 Å². The SMILES string of the molecule is CN(C)c1cccc(C(=O)N2CCNCC2C(N)=O)c1. The third-order valence-electron chi connectivity index (χ3n) is 3.44. The second-order valence-corrected chi connectivity index (χ2v) is 5.07. The molecule has 1 unspecified atom stereocenters. The fourth-order valence-corrected chi connectivity index (χ4v) is 2.28. The highest BCUT2D eigenvalue weighted by atomic mass is 16.2. The van der Waals surface area contributed by atoms with Crippen LogP contribution in [0.3, 0.4) is 0 Å². The third kappa shape index (κ3) is 2.91. The highest BCUT2D eigenvalue weighted by molar-refractivity contribution is 5.98. The van der Waals surface area contributed by atoms with E-state index >= 15 is 0 Å². The quantitative estimate of drug-likeness (QED) is 0.791. The van der Waals surface area contributed by atoms with Crippen molar-refractivity contribution in [3.8, 4) is 0 Å². The summed E-state index contributed by atoms with van der Waals surface area (Å²) in [5, 5.41) is 3.08. The number of piperazine rings is 1. The second-order valence-electron chi connectivity index (χ2n) is 5.07. The number of anilines is 1. The lowest BCUT2D eigenvalue weighted by Gasteiger charge is -2.34. The predicted octanol–water partition coefficient (Wildman–Crippen LogP) is -0.348. The summed E-state index contributed by atoms with van der Waals surface area (Å²) in [4.78, 5) is 27.5. The maximum atomic E-state index is 12.6. The summed E-state index contributed by atoms with van der Waals surface area (Å²) in [5.41, 5.74) is 6.89. The summed E-state index contributed by atoms with van der Waals surface area (Å²) in [6, 6.07) is 6.77. The molecule has 108 valence electrons. The molecule has 0 aliphatic carbocycles. The van der Waals surface area contributed by atoms with Crippen LogP contribution >= 0.6 is 0 Å². The lowest BCUT2D eigenvalue weighted by molar-refractivity contribution is -0.122. The molecule has 1 atom stereocenters. The van der Waals surface area contributed by atoms with Gasteiger partial charge in [-0.05, 0) is 18.2 Å². The van der Waals surface area contributed by atoms with Crippen LogP contribution < -0.4 is 16.0 Å². The van der Waals surface area contributed by atoms with Crippen LogP contribution in [0.15, 0.2) is 24.3 Å². The number of hydrogen-bond acceptors (Lipinski definition) is 4. The van der Waals surface area contributed by atoms with E-state index in [4.69, 9.17) is 5.73 Å². The summed E-state index contributed by atoms with van der Waals surface area (Å²) in [7, 11) is 3.83. The van der Waals surface area contributed by atoms with Gasteiger partial charge in [0.25, 0.3) is 5.91 Å². The first-order chi connectivity index (χ1) is 9.50. The van der Waals surface area contributed by atoms with Crippen molar-refractivity contribution in [3.05, 3.63) is 29.8 Å². The third-order valence-corrected chi connectivity index (χ3v) is 3.44. The highest BCUT2D eigenvalue weighted by Gasteiger charge is 2.31. The van der Waals surface area contributed by atoms with Crippen molar-refractivity contribution in [3.63, 3.8) is 0 Å². The van der Waals surface area contributed by atoms with Gasteiger partial charge in [0.1, 0.15) is 6.04 Å². The summed E-state index contributed by atoms with van der Waals surface area (Å²) in [6.07, 6.45) is 0. The molecule has 3 N–H and O–H groups in total. The largest absolute Gasteiger partial charge is 0.378 e. The highest BCUT2D eigenvalue weighted by Crippen LogP contribution is 2.16. The van der Waals surface area contributed by atoms with Gasteiger partial charge in [0.05, 0.1) is 0 Å². The maximum absolute atomic E-state index is 12.6. The van der Waals surface area contributed by atoms with Crippen LogP contribution in [0.2, 0.25) is 0 Å². The summed E-state index contributed by atoms with van der Waals surface area (Å²) < 4.78 is 0. The Morgan fingerprint density at radius 1 is 1.40 bits per heavy atom. The minimum atomic E-state index is -0.584. The van der Waals surface area contributed by atoms with Gasteiger partial charge in [-0.3, -0.25) is 9.59 Å². The molecular formula is C14H20N4O2. The number of nitrogens with two attached hydrogens (primary N) is 1. The average Bonchev–Trinajstić information content (AvgIpc) is 2.46. The van der Waals surface area contributed by atoms with E-state index < -0.39 is 11.9 Å². The average molecular weight is 276 g/mol. The number of carbonyl (C=O) groups excluding carboxylic acids is 2. The Kier molecular flexibility index (Phi) is 4.24. The Hall–Kier alpha value is -2.08. The Bertz CT molecular complexity index is 516. The van der Waals surface area contributed by atoms with Crippen molar-refractivity contribution in [1.29, 1.82) is 0 Å². The van der Waals surface area contributed by atoms with Gasteiger partial charge in [-0.1, -0.05) is 6.07 Å². The zero-order valence-corrected chi connectivity index (χ0v) is 11.8. The van der Waals surface area contributed by atoms with E-state index in [-0.39, 0.29) is 5.91 Å². The Morgan fingerprint density at radius 3 is 2.80 bits per heavy atom. The van der Waals surface area contributed by atoms with Crippen LogP contribution in [0, 0.1) is 0 Å². The van der Waals surface area contributed by atoms with E-state index in [2.05, 4.69) is 5.32 Å². The predicted molar refractivity (Wildman–Crippen MR) is 77.7 cm³/mol. The van der Waals surface area contributed by atoms with Crippen LogP contribution in [-0.4, -0.2) is 56.5 Å². The van der Waals surface area contributed by atoms with Gasteiger partial charge < -0.3 is 20.9 Å². The monoisotopic (exact) mass is 276 g/mol. The fraction of sp³-hybridized carbons (Fsp3) is 0.429. The van der Waals surface area contributed by atoms with E-state index in [9.17, 15) is 9.59 Å². The van der Waals surface area contributed by atoms with Gasteiger partial charge >= 0.3 is 0 Å². The number of amides is 2. The van der Waals surface area contributed by atoms with Crippen molar-refractivity contribution in [2.24, 2.45) is 5.73 Å². The number of nitrogens with one attached hydrogen (secondary N) is 1. The molecule has 0 aromatic heterocycles. The number of rotatable bonds is 3. The number of nitrogens with zero attached hydrogens (tertiary/aromatic N) is 2. The molecule has 0 radical (unpaired) electrons. The first kappa shape index (κ1) is 14.3. The lowest BCUT2D eigenvalue weighted by Crippen LogP contribution is -2.58. The molecule has 1 aliphatic heterocycles.